The highest BCUT2D eigenvalue weighted by Crippen LogP contribution is 2.33. The zero-order chi connectivity index (χ0) is 17.5. The monoisotopic (exact) mass is 342 g/mol. The highest BCUT2D eigenvalue weighted by atomic mass is 19.4. The van der Waals surface area contributed by atoms with Crippen LogP contribution in [0.2, 0.25) is 0 Å². The van der Waals surface area contributed by atoms with E-state index < -0.39 is 17.8 Å². The van der Waals surface area contributed by atoms with E-state index in [4.69, 9.17) is 4.42 Å². The Hall–Kier alpha value is -2.32. The second-order valence-corrected chi connectivity index (χ2v) is 5.95. The van der Waals surface area contributed by atoms with Gasteiger partial charge in [0, 0.05) is 25.7 Å². The van der Waals surface area contributed by atoms with Crippen molar-refractivity contribution in [1.82, 2.24) is 20.1 Å². The Bertz CT molecular complexity index is 737. The highest BCUT2D eigenvalue weighted by molar-refractivity contribution is 5.94. The fourth-order valence-electron chi connectivity index (χ4n) is 3.07. The molecule has 9 heteroatoms. The van der Waals surface area contributed by atoms with Crippen LogP contribution in [0.3, 0.4) is 0 Å². The van der Waals surface area contributed by atoms with Gasteiger partial charge in [0.25, 0.3) is 5.91 Å². The van der Waals surface area contributed by atoms with Crippen LogP contribution in [0.1, 0.15) is 53.5 Å². The van der Waals surface area contributed by atoms with Crippen molar-refractivity contribution < 1.29 is 22.4 Å². The number of aromatic nitrogens is 3. The van der Waals surface area contributed by atoms with Gasteiger partial charge in [-0.2, -0.15) is 13.2 Å². The molecule has 6 nitrogen and oxygen atoms in total. The molecule has 0 aliphatic carbocycles. The molecule has 0 radical (unpaired) electrons. The van der Waals surface area contributed by atoms with Gasteiger partial charge in [-0.1, -0.05) is 0 Å². The molecule has 0 bridgehead atoms. The van der Waals surface area contributed by atoms with E-state index in [1.165, 1.54) is 0 Å². The minimum atomic E-state index is -4.50. The molecule has 0 saturated carbocycles. The maximum Gasteiger partial charge on any atom is 0.431 e. The number of carbonyl (C=O) groups is 1. The minimum Gasteiger partial charge on any atom is -0.425 e. The smallest absolute Gasteiger partial charge is 0.425 e. The molecule has 3 rings (SSSR count). The first-order valence-corrected chi connectivity index (χ1v) is 7.64. The van der Waals surface area contributed by atoms with Crippen molar-refractivity contribution in [1.29, 1.82) is 0 Å². The van der Waals surface area contributed by atoms with E-state index >= 15 is 0 Å². The Balaban J connectivity index is 1.80. The molecule has 1 aliphatic rings. The van der Waals surface area contributed by atoms with Crippen LogP contribution in [-0.2, 0) is 6.18 Å². The van der Waals surface area contributed by atoms with E-state index in [1.807, 2.05) is 6.92 Å². The third kappa shape index (κ3) is 3.02. The predicted molar refractivity (Wildman–Crippen MR) is 77.3 cm³/mol. The van der Waals surface area contributed by atoms with Gasteiger partial charge in [0.05, 0.1) is 11.5 Å². The molecule has 2 aromatic heterocycles. The summed E-state index contributed by atoms with van der Waals surface area (Å²) in [6, 6.07) is 0.602. The van der Waals surface area contributed by atoms with Gasteiger partial charge in [0.2, 0.25) is 11.8 Å². The number of likely N-dealkylation sites (tertiary alicyclic amines) is 1. The summed E-state index contributed by atoms with van der Waals surface area (Å²) in [6.45, 7) is 4.01. The summed E-state index contributed by atoms with van der Waals surface area (Å²) in [5, 5.41) is 7.82. The van der Waals surface area contributed by atoms with Crippen molar-refractivity contribution in [2.24, 2.45) is 0 Å². The Morgan fingerprint density at radius 2 is 2.17 bits per heavy atom. The van der Waals surface area contributed by atoms with Crippen LogP contribution in [0.4, 0.5) is 13.2 Å². The standard InChI is InChI=1S/C15H17F3N4O2/c1-8-11(13-21-20-9(2)24-13)4-3-5-22(8)14(23)10-6-12(19-7-10)15(16,17)18/h6-8,11,19H,3-5H2,1-2H3/t8-,11-/m0/s1. The second-order valence-electron chi connectivity index (χ2n) is 5.95. The number of aromatic amines is 1. The molecule has 1 amide bonds. The van der Waals surface area contributed by atoms with Crippen LogP contribution in [0.5, 0.6) is 0 Å². The first-order valence-electron chi connectivity index (χ1n) is 7.64. The Morgan fingerprint density at radius 1 is 1.42 bits per heavy atom. The van der Waals surface area contributed by atoms with Crippen molar-refractivity contribution in [2.45, 2.75) is 44.8 Å². The predicted octanol–water partition coefficient (Wildman–Crippen LogP) is 3.13. The Kier molecular flexibility index (Phi) is 4.10. The molecule has 1 saturated heterocycles. The molecular weight excluding hydrogens is 325 g/mol. The third-order valence-corrected chi connectivity index (χ3v) is 4.34. The lowest BCUT2D eigenvalue weighted by atomic mass is 9.89. The maximum atomic E-state index is 12.7. The summed E-state index contributed by atoms with van der Waals surface area (Å²) >= 11 is 0. The Labute approximate surface area is 136 Å². The van der Waals surface area contributed by atoms with Crippen LogP contribution in [-0.4, -0.2) is 38.6 Å². The van der Waals surface area contributed by atoms with Gasteiger partial charge in [-0.15, -0.1) is 10.2 Å². The van der Waals surface area contributed by atoms with Crippen LogP contribution >= 0.6 is 0 Å². The normalized spacial score (nSPS) is 22.0. The van der Waals surface area contributed by atoms with Gasteiger partial charge in [0.15, 0.2) is 0 Å². The number of hydrogen-bond donors (Lipinski definition) is 1. The van der Waals surface area contributed by atoms with Crippen LogP contribution in [0.25, 0.3) is 0 Å². The number of carbonyl (C=O) groups excluding carboxylic acids is 1. The molecule has 3 heterocycles. The van der Waals surface area contributed by atoms with Gasteiger partial charge in [0.1, 0.15) is 5.69 Å². The molecule has 1 fully saturated rings. The van der Waals surface area contributed by atoms with Crippen LogP contribution < -0.4 is 0 Å². The molecule has 1 aliphatic heterocycles. The molecule has 24 heavy (non-hydrogen) atoms. The van der Waals surface area contributed by atoms with E-state index in [0.717, 1.165) is 25.1 Å². The number of halogens is 3. The van der Waals surface area contributed by atoms with Crippen molar-refractivity contribution >= 4 is 5.91 Å². The zero-order valence-corrected chi connectivity index (χ0v) is 13.2. The number of rotatable bonds is 2. The topological polar surface area (TPSA) is 75.0 Å². The van der Waals surface area contributed by atoms with E-state index in [0.29, 0.717) is 18.3 Å². The van der Waals surface area contributed by atoms with E-state index in [1.54, 1.807) is 11.8 Å². The van der Waals surface area contributed by atoms with Crippen molar-refractivity contribution in [3.05, 3.63) is 35.3 Å². The summed E-state index contributed by atoms with van der Waals surface area (Å²) in [6.07, 6.45) is -1.90. The molecule has 1 N–H and O–H groups in total. The van der Waals surface area contributed by atoms with Gasteiger partial charge in [-0.05, 0) is 25.8 Å². The van der Waals surface area contributed by atoms with E-state index in [9.17, 15) is 18.0 Å². The maximum absolute atomic E-state index is 12.7. The number of amides is 1. The molecular formula is C15H17F3N4O2. The summed E-state index contributed by atoms with van der Waals surface area (Å²) < 4.78 is 43.5. The Morgan fingerprint density at radius 3 is 2.75 bits per heavy atom. The highest BCUT2D eigenvalue weighted by Gasteiger charge is 2.37. The van der Waals surface area contributed by atoms with Crippen LogP contribution in [0, 0.1) is 6.92 Å². The number of H-pyrrole nitrogens is 1. The second kappa shape index (κ2) is 5.95. The molecule has 0 spiro atoms. The number of piperidine rings is 1. The largest absolute Gasteiger partial charge is 0.431 e. The molecule has 0 aromatic carbocycles. The fraction of sp³-hybridized carbons (Fsp3) is 0.533. The number of aryl methyl sites for hydroxylation is 1. The first kappa shape index (κ1) is 16.5. The molecule has 0 unspecified atom stereocenters. The van der Waals surface area contributed by atoms with Crippen molar-refractivity contribution in [3.8, 4) is 0 Å². The lowest BCUT2D eigenvalue weighted by Crippen LogP contribution is -2.45. The minimum absolute atomic E-state index is 0.00321. The van der Waals surface area contributed by atoms with Crippen molar-refractivity contribution in [2.75, 3.05) is 6.54 Å². The van der Waals surface area contributed by atoms with E-state index in [-0.39, 0.29) is 17.5 Å². The third-order valence-electron chi connectivity index (χ3n) is 4.34. The number of hydrogen-bond acceptors (Lipinski definition) is 4. The lowest BCUT2D eigenvalue weighted by Gasteiger charge is -2.37. The van der Waals surface area contributed by atoms with E-state index in [2.05, 4.69) is 15.2 Å². The lowest BCUT2D eigenvalue weighted by molar-refractivity contribution is -0.140. The average Bonchev–Trinajstić information content (AvgIpc) is 3.15. The molecule has 130 valence electrons. The fourth-order valence-corrected chi connectivity index (χ4v) is 3.07. The van der Waals surface area contributed by atoms with Crippen LogP contribution in [0.15, 0.2) is 16.7 Å². The van der Waals surface area contributed by atoms with Gasteiger partial charge >= 0.3 is 6.18 Å². The molecule has 2 aromatic rings. The number of nitrogens with one attached hydrogen (secondary N) is 1. The van der Waals surface area contributed by atoms with Gasteiger partial charge < -0.3 is 14.3 Å². The van der Waals surface area contributed by atoms with Gasteiger partial charge in [-0.3, -0.25) is 4.79 Å². The van der Waals surface area contributed by atoms with Crippen molar-refractivity contribution in [3.63, 3.8) is 0 Å². The summed E-state index contributed by atoms with van der Waals surface area (Å²) in [7, 11) is 0. The first-order chi connectivity index (χ1) is 11.3. The van der Waals surface area contributed by atoms with Gasteiger partial charge in [-0.25, -0.2) is 0 Å². The summed E-state index contributed by atoms with van der Waals surface area (Å²) in [5.74, 6) is 0.351. The number of nitrogens with zero attached hydrogens (tertiary/aromatic N) is 3. The summed E-state index contributed by atoms with van der Waals surface area (Å²) in [4.78, 5) is 16.3. The quantitative estimate of drug-likeness (QED) is 0.910. The zero-order valence-electron chi connectivity index (χ0n) is 13.2. The number of alkyl halides is 3. The summed E-state index contributed by atoms with van der Waals surface area (Å²) in [5.41, 5.74) is -0.934. The SMILES string of the molecule is Cc1nnc([C@H]2CCCN(C(=O)c3c[nH]c(C(F)(F)F)c3)[C@H]2C)o1. The average molecular weight is 342 g/mol. The molecule has 2 atom stereocenters.